The number of fused-ring (bicyclic) bond motifs is 4. The largest absolute Gasteiger partial charge is 0.0622 e. The first-order chi connectivity index (χ1) is 22.8. The van der Waals surface area contributed by atoms with Gasteiger partial charge in [0.15, 0.2) is 0 Å². The number of benzene rings is 9. The molecule has 0 fully saturated rings. The van der Waals surface area contributed by atoms with E-state index >= 15 is 0 Å². The predicted molar refractivity (Wildman–Crippen MR) is 198 cm³/mol. The quantitative estimate of drug-likeness (QED) is 0.181. The van der Waals surface area contributed by atoms with Crippen molar-refractivity contribution >= 4 is 43.1 Å². The van der Waals surface area contributed by atoms with Gasteiger partial charge in [0.05, 0.1) is 0 Å². The molecular formula is C46H30. The lowest BCUT2D eigenvalue weighted by atomic mass is 9.83. The van der Waals surface area contributed by atoms with Crippen LogP contribution in [0.1, 0.15) is 0 Å². The fourth-order valence-corrected chi connectivity index (χ4v) is 7.33. The third-order valence-corrected chi connectivity index (χ3v) is 9.46. The first-order valence-corrected chi connectivity index (χ1v) is 15.9. The van der Waals surface area contributed by atoms with Crippen molar-refractivity contribution in [3.63, 3.8) is 0 Å². The van der Waals surface area contributed by atoms with Crippen molar-refractivity contribution in [2.45, 2.75) is 0 Å². The summed E-state index contributed by atoms with van der Waals surface area (Å²) in [5, 5.41) is 10.1. The van der Waals surface area contributed by atoms with Crippen molar-refractivity contribution in [1.29, 1.82) is 0 Å². The van der Waals surface area contributed by atoms with Crippen LogP contribution >= 0.6 is 0 Å². The summed E-state index contributed by atoms with van der Waals surface area (Å²) in [7, 11) is 0. The molecule has 0 heterocycles. The number of rotatable bonds is 4. The summed E-state index contributed by atoms with van der Waals surface area (Å²) >= 11 is 0. The summed E-state index contributed by atoms with van der Waals surface area (Å²) in [5.74, 6) is 0. The lowest BCUT2D eigenvalue weighted by Crippen LogP contribution is -1.93. The van der Waals surface area contributed by atoms with E-state index in [2.05, 4.69) is 182 Å². The van der Waals surface area contributed by atoms with Gasteiger partial charge < -0.3 is 0 Å². The Morgan fingerprint density at radius 3 is 1.37 bits per heavy atom. The van der Waals surface area contributed by atoms with Gasteiger partial charge in [-0.25, -0.2) is 0 Å². The van der Waals surface area contributed by atoms with Gasteiger partial charge in [-0.05, 0) is 93.7 Å². The number of hydrogen-bond donors (Lipinski definition) is 0. The highest BCUT2D eigenvalue weighted by molar-refractivity contribution is 6.24. The molecule has 0 aliphatic heterocycles. The maximum atomic E-state index is 2.43. The van der Waals surface area contributed by atoms with E-state index in [0.717, 1.165) is 0 Å². The van der Waals surface area contributed by atoms with Crippen LogP contribution in [0.25, 0.3) is 87.6 Å². The van der Waals surface area contributed by atoms with Gasteiger partial charge in [-0.3, -0.25) is 0 Å². The zero-order valence-electron chi connectivity index (χ0n) is 25.3. The van der Waals surface area contributed by atoms with Crippen LogP contribution in [-0.4, -0.2) is 0 Å². The Hall–Kier alpha value is -5.98. The smallest absolute Gasteiger partial charge is 0.00201 e. The molecule has 0 spiro atoms. The molecular weight excluding hydrogens is 553 g/mol. The van der Waals surface area contributed by atoms with E-state index < -0.39 is 0 Å². The van der Waals surface area contributed by atoms with Gasteiger partial charge in [-0.15, -0.1) is 0 Å². The fourth-order valence-electron chi connectivity index (χ4n) is 7.33. The summed E-state index contributed by atoms with van der Waals surface area (Å²) in [6.45, 7) is 0. The van der Waals surface area contributed by atoms with Crippen LogP contribution in [0.2, 0.25) is 0 Å². The Bertz CT molecular complexity index is 2540. The second kappa shape index (κ2) is 10.9. The zero-order valence-corrected chi connectivity index (χ0v) is 25.3. The molecule has 214 valence electrons. The van der Waals surface area contributed by atoms with Crippen molar-refractivity contribution in [3.05, 3.63) is 182 Å². The molecule has 9 aromatic rings. The second-order valence-electron chi connectivity index (χ2n) is 12.1. The SMILES string of the molecule is c1ccc(-c2ccc(-c3c4ccccc4c(-c4cccc5ccccc45)c4ccc(-c5cccc6ccccc56)cc34)cc2)cc1. The monoisotopic (exact) mass is 582 g/mol. The van der Waals surface area contributed by atoms with E-state index in [1.807, 2.05) is 0 Å². The molecule has 46 heavy (non-hydrogen) atoms. The van der Waals surface area contributed by atoms with Crippen LogP contribution in [0.4, 0.5) is 0 Å². The average Bonchev–Trinajstić information content (AvgIpc) is 3.14. The molecule has 9 rings (SSSR count). The molecule has 9 aromatic carbocycles. The van der Waals surface area contributed by atoms with Crippen LogP contribution in [0, 0.1) is 0 Å². The molecule has 0 atom stereocenters. The van der Waals surface area contributed by atoms with Crippen LogP contribution in [0.3, 0.4) is 0 Å². The maximum absolute atomic E-state index is 2.43. The summed E-state index contributed by atoms with van der Waals surface area (Å²) in [4.78, 5) is 0. The second-order valence-corrected chi connectivity index (χ2v) is 12.1. The third kappa shape index (κ3) is 4.30. The van der Waals surface area contributed by atoms with Crippen molar-refractivity contribution in [1.82, 2.24) is 0 Å². The first-order valence-electron chi connectivity index (χ1n) is 15.9. The van der Waals surface area contributed by atoms with E-state index in [4.69, 9.17) is 0 Å². The van der Waals surface area contributed by atoms with Crippen molar-refractivity contribution in [2.24, 2.45) is 0 Å². The summed E-state index contributed by atoms with van der Waals surface area (Å²) in [5.41, 5.74) is 9.99. The molecule has 0 radical (unpaired) electrons. The average molecular weight is 583 g/mol. The van der Waals surface area contributed by atoms with E-state index in [1.165, 1.54) is 87.6 Å². The standard InChI is InChI=1S/C46H30/c1-2-12-31(13-3-1)32-24-26-35(27-25-32)45-41-20-8-9-21-42(41)46(40-23-11-17-34-15-5-7-19-38(34)40)43-29-28-36(30-44(43)45)39-22-10-16-33-14-4-6-18-37(33)39/h1-30H. The van der Waals surface area contributed by atoms with E-state index in [-0.39, 0.29) is 0 Å². The Morgan fingerprint density at radius 2 is 0.674 bits per heavy atom. The van der Waals surface area contributed by atoms with Crippen LogP contribution in [0.15, 0.2) is 182 Å². The highest BCUT2D eigenvalue weighted by atomic mass is 14.2. The first kappa shape index (κ1) is 26.4. The molecule has 0 unspecified atom stereocenters. The lowest BCUT2D eigenvalue weighted by molar-refractivity contribution is 1.61. The Labute approximate surface area is 268 Å². The summed E-state index contributed by atoms with van der Waals surface area (Å²) in [6, 6.07) is 66.6. The topological polar surface area (TPSA) is 0 Å². The van der Waals surface area contributed by atoms with Crippen molar-refractivity contribution in [3.8, 4) is 44.5 Å². The van der Waals surface area contributed by atoms with Gasteiger partial charge in [0, 0.05) is 0 Å². The fraction of sp³-hybridized carbons (Fsp3) is 0. The Kier molecular flexibility index (Phi) is 6.25. The Morgan fingerprint density at radius 1 is 0.217 bits per heavy atom. The lowest BCUT2D eigenvalue weighted by Gasteiger charge is -2.20. The van der Waals surface area contributed by atoms with Crippen molar-refractivity contribution < 1.29 is 0 Å². The van der Waals surface area contributed by atoms with E-state index in [0.29, 0.717) is 0 Å². The summed E-state index contributed by atoms with van der Waals surface area (Å²) < 4.78 is 0. The van der Waals surface area contributed by atoms with Gasteiger partial charge >= 0.3 is 0 Å². The highest BCUT2D eigenvalue weighted by Crippen LogP contribution is 2.46. The zero-order chi connectivity index (χ0) is 30.5. The molecule has 0 saturated heterocycles. The minimum atomic E-state index is 1.22. The maximum Gasteiger partial charge on any atom is -0.00201 e. The molecule has 0 heteroatoms. The van der Waals surface area contributed by atoms with Gasteiger partial charge in [0.1, 0.15) is 0 Å². The van der Waals surface area contributed by atoms with E-state index in [1.54, 1.807) is 0 Å². The predicted octanol–water partition coefficient (Wildman–Crippen LogP) is 13.0. The molecule has 0 aromatic heterocycles. The molecule has 0 aliphatic rings. The number of hydrogen-bond acceptors (Lipinski definition) is 0. The molecule has 0 aliphatic carbocycles. The summed E-state index contributed by atoms with van der Waals surface area (Å²) in [6.07, 6.45) is 0. The minimum Gasteiger partial charge on any atom is -0.0622 e. The van der Waals surface area contributed by atoms with Crippen molar-refractivity contribution in [2.75, 3.05) is 0 Å². The Balaban J connectivity index is 1.39. The minimum absolute atomic E-state index is 1.22. The van der Waals surface area contributed by atoms with Gasteiger partial charge in [-0.1, -0.05) is 176 Å². The molecule has 0 nitrogen and oxygen atoms in total. The van der Waals surface area contributed by atoms with Crippen LogP contribution < -0.4 is 0 Å². The van der Waals surface area contributed by atoms with Crippen LogP contribution in [-0.2, 0) is 0 Å². The van der Waals surface area contributed by atoms with Gasteiger partial charge in [0.25, 0.3) is 0 Å². The highest BCUT2D eigenvalue weighted by Gasteiger charge is 2.19. The van der Waals surface area contributed by atoms with E-state index in [9.17, 15) is 0 Å². The molecule has 0 amide bonds. The molecule has 0 N–H and O–H groups in total. The third-order valence-electron chi connectivity index (χ3n) is 9.46. The normalized spacial score (nSPS) is 11.5. The molecule has 0 saturated carbocycles. The molecule has 0 bridgehead atoms. The van der Waals surface area contributed by atoms with Gasteiger partial charge in [0.2, 0.25) is 0 Å². The van der Waals surface area contributed by atoms with Gasteiger partial charge in [-0.2, -0.15) is 0 Å². The van der Waals surface area contributed by atoms with Crippen LogP contribution in [0.5, 0.6) is 0 Å².